The lowest BCUT2D eigenvalue weighted by molar-refractivity contribution is 0.0698. The standard InChI is InChI=1S/C8H5FN2O2/c9-5-2-11-6-3-10-1-4(7(5)6)8(12)13/h1-3,11H,(H,12,13). The van der Waals surface area contributed by atoms with Gasteiger partial charge in [-0.1, -0.05) is 0 Å². The molecule has 0 aliphatic rings. The molecule has 0 saturated carbocycles. The summed E-state index contributed by atoms with van der Waals surface area (Å²) in [4.78, 5) is 16.9. The Morgan fingerprint density at radius 1 is 1.54 bits per heavy atom. The third-order valence-corrected chi connectivity index (χ3v) is 1.77. The van der Waals surface area contributed by atoms with E-state index in [2.05, 4.69) is 9.97 Å². The number of nitrogens with zero attached hydrogens (tertiary/aromatic N) is 1. The van der Waals surface area contributed by atoms with Crippen molar-refractivity contribution in [2.24, 2.45) is 0 Å². The predicted molar refractivity (Wildman–Crippen MR) is 43.0 cm³/mol. The minimum absolute atomic E-state index is 0.0718. The van der Waals surface area contributed by atoms with Crippen molar-refractivity contribution < 1.29 is 14.3 Å². The molecule has 4 nitrogen and oxygen atoms in total. The molecular weight excluding hydrogens is 175 g/mol. The molecule has 0 atom stereocenters. The molecule has 66 valence electrons. The molecule has 0 saturated heterocycles. The fraction of sp³-hybridized carbons (Fsp3) is 0. The molecule has 2 heterocycles. The predicted octanol–water partition coefficient (Wildman–Crippen LogP) is 1.40. The van der Waals surface area contributed by atoms with E-state index in [-0.39, 0.29) is 10.9 Å². The van der Waals surface area contributed by atoms with E-state index < -0.39 is 11.8 Å². The van der Waals surface area contributed by atoms with Crippen molar-refractivity contribution in [1.82, 2.24) is 9.97 Å². The molecule has 0 aliphatic carbocycles. The van der Waals surface area contributed by atoms with Crippen molar-refractivity contribution in [3.8, 4) is 0 Å². The Bertz CT molecular complexity index is 478. The number of fused-ring (bicyclic) bond motifs is 1. The van der Waals surface area contributed by atoms with Crippen LogP contribution in [0.3, 0.4) is 0 Å². The zero-order valence-electron chi connectivity index (χ0n) is 6.41. The molecule has 2 N–H and O–H groups in total. The van der Waals surface area contributed by atoms with Gasteiger partial charge in [-0.05, 0) is 0 Å². The van der Waals surface area contributed by atoms with Gasteiger partial charge in [-0.25, -0.2) is 9.18 Å². The van der Waals surface area contributed by atoms with Gasteiger partial charge in [0.25, 0.3) is 0 Å². The molecular formula is C8H5FN2O2. The second kappa shape index (κ2) is 2.55. The highest BCUT2D eigenvalue weighted by Gasteiger charge is 2.13. The first-order valence-electron chi connectivity index (χ1n) is 3.54. The number of aromatic carboxylic acids is 1. The second-order valence-electron chi connectivity index (χ2n) is 2.55. The Kier molecular flexibility index (Phi) is 1.51. The molecule has 2 rings (SSSR count). The van der Waals surface area contributed by atoms with E-state index >= 15 is 0 Å². The average molecular weight is 180 g/mol. The second-order valence-corrected chi connectivity index (χ2v) is 2.55. The number of halogens is 1. The van der Waals surface area contributed by atoms with E-state index in [0.29, 0.717) is 5.52 Å². The minimum atomic E-state index is -1.18. The number of rotatable bonds is 1. The number of carboxylic acid groups (broad SMARTS) is 1. The maximum atomic E-state index is 13.0. The molecule has 13 heavy (non-hydrogen) atoms. The number of pyridine rings is 1. The summed E-state index contributed by atoms with van der Waals surface area (Å²) >= 11 is 0. The molecule has 0 fully saturated rings. The van der Waals surface area contributed by atoms with Crippen LogP contribution in [-0.4, -0.2) is 21.0 Å². The van der Waals surface area contributed by atoms with E-state index in [9.17, 15) is 9.18 Å². The van der Waals surface area contributed by atoms with E-state index in [1.165, 1.54) is 6.20 Å². The zero-order chi connectivity index (χ0) is 9.42. The average Bonchev–Trinajstić information content (AvgIpc) is 2.48. The topological polar surface area (TPSA) is 66.0 Å². The van der Waals surface area contributed by atoms with Crippen molar-refractivity contribution in [2.75, 3.05) is 0 Å². The van der Waals surface area contributed by atoms with Crippen molar-refractivity contribution in [1.29, 1.82) is 0 Å². The SMILES string of the molecule is O=C(O)c1cncc2[nH]cc(F)c12. The van der Waals surface area contributed by atoms with Crippen LogP contribution in [0.5, 0.6) is 0 Å². The van der Waals surface area contributed by atoms with E-state index in [1.807, 2.05) is 0 Å². The van der Waals surface area contributed by atoms with Gasteiger partial charge >= 0.3 is 5.97 Å². The summed E-state index contributed by atoms with van der Waals surface area (Å²) in [6, 6.07) is 0. The highest BCUT2D eigenvalue weighted by molar-refractivity contribution is 6.02. The molecule has 2 aromatic heterocycles. The van der Waals surface area contributed by atoms with Crippen molar-refractivity contribution in [3.63, 3.8) is 0 Å². The Morgan fingerprint density at radius 2 is 2.31 bits per heavy atom. The fourth-order valence-electron chi connectivity index (χ4n) is 1.20. The number of nitrogens with one attached hydrogen (secondary N) is 1. The van der Waals surface area contributed by atoms with Crippen molar-refractivity contribution >= 4 is 16.9 Å². The fourth-order valence-corrected chi connectivity index (χ4v) is 1.20. The van der Waals surface area contributed by atoms with Crippen molar-refractivity contribution in [2.45, 2.75) is 0 Å². The van der Waals surface area contributed by atoms with Gasteiger partial charge in [0.15, 0.2) is 0 Å². The quantitative estimate of drug-likeness (QED) is 0.697. The zero-order valence-corrected chi connectivity index (χ0v) is 6.41. The smallest absolute Gasteiger partial charge is 0.338 e. The van der Waals surface area contributed by atoms with Gasteiger partial charge in [0.2, 0.25) is 0 Å². The largest absolute Gasteiger partial charge is 0.478 e. The number of H-pyrrole nitrogens is 1. The molecule has 5 heteroatoms. The summed E-state index contributed by atoms with van der Waals surface area (Å²) < 4.78 is 13.0. The lowest BCUT2D eigenvalue weighted by Gasteiger charge is -1.95. The van der Waals surface area contributed by atoms with Gasteiger partial charge in [-0.15, -0.1) is 0 Å². The first kappa shape index (κ1) is 7.72. The van der Waals surface area contributed by atoms with Crippen LogP contribution in [-0.2, 0) is 0 Å². The Labute approximate surface area is 72.0 Å². The Hall–Kier alpha value is -1.91. The maximum Gasteiger partial charge on any atom is 0.338 e. The summed E-state index contributed by atoms with van der Waals surface area (Å²) in [7, 11) is 0. The number of carbonyl (C=O) groups is 1. The monoisotopic (exact) mass is 180 g/mol. The molecule has 0 unspecified atom stereocenters. The molecule has 0 aliphatic heterocycles. The first-order chi connectivity index (χ1) is 6.20. The van der Waals surface area contributed by atoms with Gasteiger partial charge in [0.1, 0.15) is 5.82 Å². The van der Waals surface area contributed by atoms with Gasteiger partial charge in [0, 0.05) is 12.4 Å². The van der Waals surface area contributed by atoms with Crippen LogP contribution in [0.25, 0.3) is 10.9 Å². The summed E-state index contributed by atoms with van der Waals surface area (Å²) in [6.45, 7) is 0. The summed E-state index contributed by atoms with van der Waals surface area (Å²) in [5.41, 5.74) is 0.258. The minimum Gasteiger partial charge on any atom is -0.478 e. The van der Waals surface area contributed by atoms with Crippen LogP contribution in [0.15, 0.2) is 18.6 Å². The number of aromatic amines is 1. The highest BCUT2D eigenvalue weighted by atomic mass is 19.1. The van der Waals surface area contributed by atoms with Crippen LogP contribution in [0.2, 0.25) is 0 Å². The van der Waals surface area contributed by atoms with Crippen LogP contribution < -0.4 is 0 Å². The van der Waals surface area contributed by atoms with Crippen LogP contribution >= 0.6 is 0 Å². The third-order valence-electron chi connectivity index (χ3n) is 1.77. The van der Waals surface area contributed by atoms with Crippen molar-refractivity contribution in [3.05, 3.63) is 30.0 Å². The molecule has 0 amide bonds. The Morgan fingerprint density at radius 3 is 3.00 bits per heavy atom. The van der Waals surface area contributed by atoms with E-state index in [0.717, 1.165) is 12.4 Å². The lowest BCUT2D eigenvalue weighted by Crippen LogP contribution is -1.98. The van der Waals surface area contributed by atoms with E-state index in [1.54, 1.807) is 0 Å². The number of hydrogen-bond donors (Lipinski definition) is 2. The normalized spacial score (nSPS) is 10.5. The van der Waals surface area contributed by atoms with E-state index in [4.69, 9.17) is 5.11 Å². The number of hydrogen-bond acceptors (Lipinski definition) is 2. The number of aromatic nitrogens is 2. The van der Waals surface area contributed by atoms with Crippen LogP contribution in [0.4, 0.5) is 4.39 Å². The molecule has 0 radical (unpaired) electrons. The third kappa shape index (κ3) is 1.05. The van der Waals surface area contributed by atoms with Gasteiger partial charge in [-0.3, -0.25) is 4.98 Å². The van der Waals surface area contributed by atoms with Gasteiger partial charge in [0.05, 0.1) is 22.7 Å². The van der Waals surface area contributed by atoms with Gasteiger partial charge in [-0.2, -0.15) is 0 Å². The number of carboxylic acids is 1. The van der Waals surface area contributed by atoms with Crippen LogP contribution in [0, 0.1) is 5.82 Å². The lowest BCUT2D eigenvalue weighted by atomic mass is 10.2. The molecule has 0 aromatic carbocycles. The molecule has 0 bridgehead atoms. The summed E-state index contributed by atoms with van der Waals surface area (Å²) in [5.74, 6) is -1.76. The van der Waals surface area contributed by atoms with Gasteiger partial charge < -0.3 is 10.1 Å². The first-order valence-corrected chi connectivity index (χ1v) is 3.54. The molecule has 0 spiro atoms. The summed E-state index contributed by atoms with van der Waals surface area (Å²) in [5, 5.41) is 8.78. The summed E-state index contributed by atoms with van der Waals surface area (Å²) in [6.07, 6.45) is 3.62. The maximum absolute atomic E-state index is 13.0. The molecule has 2 aromatic rings. The highest BCUT2D eigenvalue weighted by Crippen LogP contribution is 2.19. The van der Waals surface area contributed by atoms with Crippen LogP contribution in [0.1, 0.15) is 10.4 Å². The Balaban J connectivity index is 2.88.